The molecule has 0 bridgehead atoms. The van der Waals surface area contributed by atoms with E-state index >= 15 is 0 Å². The number of hydrogen-bond acceptors (Lipinski definition) is 6. The summed E-state index contributed by atoms with van der Waals surface area (Å²) >= 11 is 0. The van der Waals surface area contributed by atoms with Gasteiger partial charge in [0.1, 0.15) is 17.3 Å². The van der Waals surface area contributed by atoms with E-state index in [1.807, 2.05) is 0 Å². The van der Waals surface area contributed by atoms with Gasteiger partial charge in [-0.2, -0.15) is 13.2 Å². The highest BCUT2D eigenvalue weighted by Crippen LogP contribution is 2.33. The van der Waals surface area contributed by atoms with Gasteiger partial charge in [0.15, 0.2) is 0 Å². The molecule has 1 amide bonds. The van der Waals surface area contributed by atoms with Gasteiger partial charge in [-0.05, 0) is 56.1 Å². The van der Waals surface area contributed by atoms with Crippen molar-refractivity contribution in [2.75, 3.05) is 23.7 Å². The summed E-state index contributed by atoms with van der Waals surface area (Å²) in [4.78, 5) is 33.4. The smallest absolute Gasteiger partial charge is 0.365 e. The second-order valence-electron chi connectivity index (χ2n) is 8.81. The number of anilines is 2. The Kier molecular flexibility index (Phi) is 6.79. The largest absolute Gasteiger partial charge is 0.416 e. The van der Waals surface area contributed by atoms with E-state index < -0.39 is 17.6 Å². The number of nitrogens with zero attached hydrogens (tertiary/aromatic N) is 3. The van der Waals surface area contributed by atoms with Crippen molar-refractivity contribution < 1.29 is 18.0 Å². The predicted molar refractivity (Wildman–Crippen MR) is 127 cm³/mol. The first-order valence-corrected chi connectivity index (χ1v) is 11.3. The Balaban J connectivity index is 1.73. The molecule has 0 saturated carbocycles. The molecule has 3 N–H and O–H groups in total. The fraction of sp³-hybridized carbons (Fsp3) is 0.417. The molecule has 2 aromatic heterocycles. The SMILES string of the molecule is CC(=O)Nc1cc(CNc2nc(C)nc3c2cc(C2CCCNC2)c(=O)n3C)cc(C(F)(F)F)c1. The lowest BCUT2D eigenvalue weighted by Gasteiger charge is -2.23. The molecule has 1 unspecified atom stereocenters. The number of rotatable bonds is 5. The van der Waals surface area contributed by atoms with Gasteiger partial charge in [0.2, 0.25) is 5.91 Å². The van der Waals surface area contributed by atoms with Crippen molar-refractivity contribution >= 4 is 28.4 Å². The summed E-state index contributed by atoms with van der Waals surface area (Å²) in [6.45, 7) is 4.56. The summed E-state index contributed by atoms with van der Waals surface area (Å²) in [5, 5.41) is 9.47. The molecule has 1 aliphatic rings. The van der Waals surface area contributed by atoms with E-state index in [9.17, 15) is 22.8 Å². The van der Waals surface area contributed by atoms with Crippen LogP contribution in [0.1, 0.15) is 48.2 Å². The van der Waals surface area contributed by atoms with E-state index in [2.05, 4.69) is 25.9 Å². The summed E-state index contributed by atoms with van der Waals surface area (Å²) in [6.07, 6.45) is -2.71. The molecular formula is C24H27F3N6O2. The second kappa shape index (κ2) is 9.65. The Bertz CT molecular complexity index is 1330. The Morgan fingerprint density at radius 1 is 1.23 bits per heavy atom. The average Bonchev–Trinajstić information content (AvgIpc) is 2.79. The molecule has 4 rings (SSSR count). The summed E-state index contributed by atoms with van der Waals surface area (Å²) in [7, 11) is 1.66. The van der Waals surface area contributed by atoms with Crippen LogP contribution in [0.25, 0.3) is 11.0 Å². The molecule has 186 valence electrons. The standard InChI is InChI=1S/C24H27F3N6O2/c1-13-30-21(29-11-15-7-17(24(25,26)27)9-18(8-15)32-14(2)34)20-10-19(16-5-4-6-28-12-16)23(35)33(3)22(20)31-13/h7-10,16,28H,4-6,11-12H2,1-3H3,(H,32,34)(H,29,30,31). The van der Waals surface area contributed by atoms with E-state index in [4.69, 9.17) is 0 Å². The highest BCUT2D eigenvalue weighted by molar-refractivity contribution is 5.89. The predicted octanol–water partition coefficient (Wildman–Crippen LogP) is 3.69. The fourth-order valence-electron chi connectivity index (χ4n) is 4.43. The first-order valence-electron chi connectivity index (χ1n) is 11.3. The first kappa shape index (κ1) is 24.6. The van der Waals surface area contributed by atoms with Gasteiger partial charge < -0.3 is 16.0 Å². The lowest BCUT2D eigenvalue weighted by molar-refractivity contribution is -0.137. The van der Waals surface area contributed by atoms with Crippen molar-refractivity contribution in [3.63, 3.8) is 0 Å². The van der Waals surface area contributed by atoms with Crippen LogP contribution >= 0.6 is 0 Å². The number of nitrogens with one attached hydrogen (secondary N) is 3. The van der Waals surface area contributed by atoms with Gasteiger partial charge in [-0.3, -0.25) is 14.2 Å². The van der Waals surface area contributed by atoms with Crippen molar-refractivity contribution in [1.82, 2.24) is 19.9 Å². The monoisotopic (exact) mass is 488 g/mol. The number of aromatic nitrogens is 3. The highest BCUT2D eigenvalue weighted by Gasteiger charge is 2.31. The molecule has 8 nitrogen and oxygen atoms in total. The molecule has 3 heterocycles. The zero-order valence-electron chi connectivity index (χ0n) is 19.7. The van der Waals surface area contributed by atoms with Gasteiger partial charge in [0, 0.05) is 44.2 Å². The highest BCUT2D eigenvalue weighted by atomic mass is 19.4. The van der Waals surface area contributed by atoms with Crippen molar-refractivity contribution in [1.29, 1.82) is 0 Å². The fourth-order valence-corrected chi connectivity index (χ4v) is 4.43. The van der Waals surface area contributed by atoms with Crippen LogP contribution < -0.4 is 21.5 Å². The van der Waals surface area contributed by atoms with E-state index in [-0.39, 0.29) is 23.7 Å². The Morgan fingerprint density at radius 3 is 2.66 bits per heavy atom. The van der Waals surface area contributed by atoms with Crippen LogP contribution in [0.5, 0.6) is 0 Å². The number of benzene rings is 1. The van der Waals surface area contributed by atoms with Crippen LogP contribution in [-0.4, -0.2) is 33.5 Å². The lowest BCUT2D eigenvalue weighted by atomic mass is 9.92. The van der Waals surface area contributed by atoms with Crippen molar-refractivity contribution in [3.8, 4) is 0 Å². The Morgan fingerprint density at radius 2 is 2.00 bits per heavy atom. The van der Waals surface area contributed by atoms with Crippen LogP contribution in [-0.2, 0) is 24.6 Å². The molecule has 1 aromatic carbocycles. The number of aryl methyl sites for hydroxylation is 2. The number of carbonyl (C=O) groups is 1. The summed E-state index contributed by atoms with van der Waals surface area (Å²) < 4.78 is 41.8. The molecule has 0 radical (unpaired) electrons. The van der Waals surface area contributed by atoms with Crippen LogP contribution in [0.3, 0.4) is 0 Å². The number of hydrogen-bond donors (Lipinski definition) is 3. The number of fused-ring (bicyclic) bond motifs is 1. The third kappa shape index (κ3) is 5.45. The number of piperidine rings is 1. The minimum absolute atomic E-state index is 0.0191. The van der Waals surface area contributed by atoms with Crippen molar-refractivity contribution in [3.05, 3.63) is 57.1 Å². The second-order valence-corrected chi connectivity index (χ2v) is 8.81. The molecule has 11 heteroatoms. The van der Waals surface area contributed by atoms with Gasteiger partial charge in [-0.25, -0.2) is 9.97 Å². The maximum Gasteiger partial charge on any atom is 0.416 e. The van der Waals surface area contributed by atoms with E-state index in [1.54, 1.807) is 20.0 Å². The molecule has 0 spiro atoms. The number of pyridine rings is 1. The summed E-state index contributed by atoms with van der Waals surface area (Å²) in [5.74, 6) is 0.438. The third-order valence-electron chi connectivity index (χ3n) is 6.04. The Hall–Kier alpha value is -3.47. The van der Waals surface area contributed by atoms with Crippen molar-refractivity contribution in [2.24, 2.45) is 7.05 Å². The Labute approximate surface area is 200 Å². The van der Waals surface area contributed by atoms with Gasteiger partial charge >= 0.3 is 6.18 Å². The molecule has 3 aromatic rings. The summed E-state index contributed by atoms with van der Waals surface area (Å²) in [5.41, 5.74) is 0.499. The normalized spacial score (nSPS) is 16.3. The van der Waals surface area contributed by atoms with Gasteiger partial charge in [0.25, 0.3) is 5.56 Å². The zero-order valence-corrected chi connectivity index (χ0v) is 19.7. The molecule has 1 fully saturated rings. The van der Waals surface area contributed by atoms with Gasteiger partial charge in [-0.15, -0.1) is 0 Å². The van der Waals surface area contributed by atoms with Gasteiger partial charge in [-0.1, -0.05) is 0 Å². The minimum atomic E-state index is -4.57. The number of alkyl halides is 3. The minimum Gasteiger partial charge on any atom is -0.365 e. The number of amides is 1. The molecular weight excluding hydrogens is 461 g/mol. The first-order chi connectivity index (χ1) is 16.5. The zero-order chi connectivity index (χ0) is 25.3. The van der Waals surface area contributed by atoms with E-state index in [0.29, 0.717) is 40.3 Å². The molecule has 1 saturated heterocycles. The molecule has 0 aliphatic carbocycles. The van der Waals surface area contributed by atoms with Gasteiger partial charge in [0.05, 0.1) is 10.9 Å². The van der Waals surface area contributed by atoms with Crippen molar-refractivity contribution in [2.45, 2.75) is 45.3 Å². The maximum atomic E-state index is 13.4. The van der Waals surface area contributed by atoms with Crippen LogP contribution in [0, 0.1) is 6.92 Å². The quantitative estimate of drug-likeness (QED) is 0.507. The molecule has 35 heavy (non-hydrogen) atoms. The molecule has 1 atom stereocenters. The van der Waals surface area contributed by atoms with E-state index in [1.165, 1.54) is 17.6 Å². The topological polar surface area (TPSA) is 101 Å². The summed E-state index contributed by atoms with van der Waals surface area (Å²) in [6, 6.07) is 5.21. The van der Waals surface area contributed by atoms with Crippen LogP contribution in [0.4, 0.5) is 24.7 Å². The number of carbonyl (C=O) groups excluding carboxylic acids is 1. The molecule has 1 aliphatic heterocycles. The third-order valence-corrected chi connectivity index (χ3v) is 6.04. The maximum absolute atomic E-state index is 13.4. The lowest BCUT2D eigenvalue weighted by Crippen LogP contribution is -2.33. The average molecular weight is 489 g/mol. The van der Waals surface area contributed by atoms with Crippen LogP contribution in [0.2, 0.25) is 0 Å². The van der Waals surface area contributed by atoms with E-state index in [0.717, 1.165) is 31.5 Å². The number of halogens is 3. The van der Waals surface area contributed by atoms with Crippen LogP contribution in [0.15, 0.2) is 29.1 Å².